The second-order valence-corrected chi connectivity index (χ2v) is 15.7. The molecule has 0 aliphatic carbocycles. The van der Waals surface area contributed by atoms with Crippen LogP contribution in [0.5, 0.6) is 0 Å². The number of fused-ring (bicyclic) bond motifs is 7. The molecule has 0 unspecified atom stereocenters. The number of furan rings is 1. The van der Waals surface area contributed by atoms with Crippen LogP contribution in [-0.2, 0) is 0 Å². The van der Waals surface area contributed by atoms with Crippen LogP contribution in [0.15, 0.2) is 229 Å². The summed E-state index contributed by atoms with van der Waals surface area (Å²) in [5.41, 5.74) is 13.1. The number of rotatable bonds is 7. The van der Waals surface area contributed by atoms with Gasteiger partial charge in [-0.2, -0.15) is 0 Å². The van der Waals surface area contributed by atoms with Crippen molar-refractivity contribution in [1.29, 1.82) is 0 Å². The lowest BCUT2D eigenvalue weighted by atomic mass is 9.95. The number of para-hydroxylation sites is 1. The molecule has 12 aromatic rings. The zero-order valence-corrected chi connectivity index (χ0v) is 33.6. The van der Waals surface area contributed by atoms with Crippen LogP contribution >= 0.6 is 0 Å². The minimum atomic E-state index is 0.661. The van der Waals surface area contributed by atoms with E-state index in [1.807, 2.05) is 12.1 Å². The van der Waals surface area contributed by atoms with E-state index in [-0.39, 0.29) is 0 Å². The van der Waals surface area contributed by atoms with Crippen molar-refractivity contribution in [2.24, 2.45) is 0 Å². The first-order chi connectivity index (χ1) is 30.7. The smallest absolute Gasteiger partial charge is 0.161 e. The molecule has 0 N–H and O–H groups in total. The van der Waals surface area contributed by atoms with Gasteiger partial charge in [-0.25, -0.2) is 9.97 Å². The molecule has 0 atom stereocenters. The van der Waals surface area contributed by atoms with Gasteiger partial charge in [-0.05, 0) is 98.9 Å². The molecule has 0 spiro atoms. The molecule has 10 aromatic carbocycles. The summed E-state index contributed by atoms with van der Waals surface area (Å²) in [6.07, 6.45) is 0. The number of aromatic nitrogens is 2. The van der Waals surface area contributed by atoms with Gasteiger partial charge in [0, 0.05) is 49.9 Å². The van der Waals surface area contributed by atoms with Crippen LogP contribution in [0.25, 0.3) is 99.3 Å². The maximum atomic E-state index is 6.95. The average Bonchev–Trinajstić information content (AvgIpc) is 3.75. The van der Waals surface area contributed by atoms with Gasteiger partial charge in [-0.15, -0.1) is 0 Å². The highest BCUT2D eigenvalue weighted by Crippen LogP contribution is 2.45. The summed E-state index contributed by atoms with van der Waals surface area (Å²) in [7, 11) is 0. The maximum absolute atomic E-state index is 6.95. The van der Waals surface area contributed by atoms with Crippen molar-refractivity contribution < 1.29 is 4.42 Å². The van der Waals surface area contributed by atoms with Gasteiger partial charge in [0.1, 0.15) is 11.2 Å². The molecule has 4 nitrogen and oxygen atoms in total. The Labute approximate surface area is 358 Å². The van der Waals surface area contributed by atoms with Crippen LogP contribution in [0.4, 0.5) is 17.1 Å². The predicted octanol–water partition coefficient (Wildman–Crippen LogP) is 16.0. The minimum absolute atomic E-state index is 0.661. The Balaban J connectivity index is 1.03. The Hall–Kier alpha value is -8.34. The van der Waals surface area contributed by atoms with E-state index in [1.54, 1.807) is 0 Å². The van der Waals surface area contributed by atoms with E-state index in [4.69, 9.17) is 14.4 Å². The summed E-state index contributed by atoms with van der Waals surface area (Å²) >= 11 is 0. The molecule has 62 heavy (non-hydrogen) atoms. The Morgan fingerprint density at radius 2 is 0.919 bits per heavy atom. The summed E-state index contributed by atoms with van der Waals surface area (Å²) in [6.45, 7) is 0. The maximum Gasteiger partial charge on any atom is 0.161 e. The number of nitrogens with zero attached hydrogens (tertiary/aromatic N) is 3. The summed E-state index contributed by atoms with van der Waals surface area (Å²) in [6, 6.07) is 79.2. The van der Waals surface area contributed by atoms with Gasteiger partial charge in [0.25, 0.3) is 0 Å². The summed E-state index contributed by atoms with van der Waals surface area (Å²) < 4.78 is 6.95. The zero-order valence-electron chi connectivity index (χ0n) is 33.6. The normalized spacial score (nSPS) is 11.5. The fraction of sp³-hybridized carbons (Fsp3) is 0. The lowest BCUT2D eigenvalue weighted by Gasteiger charge is -2.26. The fourth-order valence-electron chi connectivity index (χ4n) is 9.05. The standard InChI is InChI=1S/C58H37N3O/c1-3-13-38(14-4-1)40-23-29-45(30-24-40)61(47-33-25-39-15-7-8-19-44(39)37-47)46-31-26-42(27-32-46)49-34-35-51(55-54-48-20-10-9-16-41(48)28-36-53(54)62-57(49)55)58-59-52-22-12-11-21-50(52)56(60-58)43-17-5-2-6-18-43/h1-37H. The van der Waals surface area contributed by atoms with Crippen molar-refractivity contribution >= 4 is 71.4 Å². The minimum Gasteiger partial charge on any atom is -0.455 e. The van der Waals surface area contributed by atoms with E-state index < -0.39 is 0 Å². The van der Waals surface area contributed by atoms with Gasteiger partial charge in [-0.3, -0.25) is 0 Å². The molecule has 0 aliphatic rings. The molecular formula is C58H37N3O. The van der Waals surface area contributed by atoms with Gasteiger partial charge >= 0.3 is 0 Å². The van der Waals surface area contributed by atoms with E-state index in [0.29, 0.717) is 5.82 Å². The Bertz CT molecular complexity index is 3620. The monoisotopic (exact) mass is 791 g/mol. The molecule has 0 saturated carbocycles. The molecule has 12 rings (SSSR count). The largest absolute Gasteiger partial charge is 0.455 e. The van der Waals surface area contributed by atoms with E-state index >= 15 is 0 Å². The zero-order chi connectivity index (χ0) is 41.0. The summed E-state index contributed by atoms with van der Waals surface area (Å²) in [5, 5.41) is 7.77. The van der Waals surface area contributed by atoms with E-state index in [9.17, 15) is 0 Å². The first kappa shape index (κ1) is 35.6. The third-order valence-corrected chi connectivity index (χ3v) is 12.1. The topological polar surface area (TPSA) is 42.2 Å². The van der Waals surface area contributed by atoms with Crippen molar-refractivity contribution in [1.82, 2.24) is 9.97 Å². The Kier molecular flexibility index (Phi) is 8.46. The number of hydrogen-bond acceptors (Lipinski definition) is 4. The van der Waals surface area contributed by atoms with Crippen LogP contribution in [0, 0.1) is 0 Å². The quantitative estimate of drug-likeness (QED) is 0.161. The lowest BCUT2D eigenvalue weighted by molar-refractivity contribution is 0.670. The molecule has 0 saturated heterocycles. The number of benzene rings is 10. The van der Waals surface area contributed by atoms with E-state index in [1.165, 1.54) is 21.9 Å². The molecular weight excluding hydrogens is 755 g/mol. The first-order valence-electron chi connectivity index (χ1n) is 21.0. The van der Waals surface area contributed by atoms with E-state index in [2.05, 4.69) is 217 Å². The highest BCUT2D eigenvalue weighted by atomic mass is 16.3. The second kappa shape index (κ2) is 14.7. The van der Waals surface area contributed by atoms with Crippen molar-refractivity contribution in [3.8, 4) is 44.9 Å². The SMILES string of the molecule is c1ccc(-c2ccc(N(c3ccc(-c4ccc(-c5nc(-c6ccccc6)c6ccccc6n5)c5c4oc4ccc6ccccc6c45)cc3)c3ccc4ccccc4c3)cc2)cc1. The highest BCUT2D eigenvalue weighted by Gasteiger charge is 2.22. The van der Waals surface area contributed by atoms with Gasteiger partial charge < -0.3 is 9.32 Å². The predicted molar refractivity (Wildman–Crippen MR) is 258 cm³/mol. The Morgan fingerprint density at radius 3 is 1.68 bits per heavy atom. The van der Waals surface area contributed by atoms with Gasteiger partial charge in [0.15, 0.2) is 5.82 Å². The lowest BCUT2D eigenvalue weighted by Crippen LogP contribution is -2.09. The molecule has 0 amide bonds. The third-order valence-electron chi connectivity index (χ3n) is 12.1. The van der Waals surface area contributed by atoms with Crippen LogP contribution in [0.3, 0.4) is 0 Å². The van der Waals surface area contributed by atoms with E-state index in [0.717, 1.165) is 88.6 Å². The Morgan fingerprint density at radius 1 is 0.355 bits per heavy atom. The second-order valence-electron chi connectivity index (χ2n) is 15.7. The summed E-state index contributed by atoms with van der Waals surface area (Å²) in [4.78, 5) is 12.9. The van der Waals surface area contributed by atoms with Crippen molar-refractivity contribution in [3.63, 3.8) is 0 Å². The van der Waals surface area contributed by atoms with Crippen molar-refractivity contribution in [3.05, 3.63) is 224 Å². The summed E-state index contributed by atoms with van der Waals surface area (Å²) in [5.74, 6) is 0.661. The fourth-order valence-corrected chi connectivity index (χ4v) is 9.05. The molecule has 2 aromatic heterocycles. The van der Waals surface area contributed by atoms with Crippen LogP contribution in [-0.4, -0.2) is 9.97 Å². The van der Waals surface area contributed by atoms with Crippen LogP contribution < -0.4 is 4.90 Å². The van der Waals surface area contributed by atoms with Gasteiger partial charge in [-0.1, -0.05) is 164 Å². The number of hydrogen-bond donors (Lipinski definition) is 0. The molecule has 0 aliphatic heterocycles. The van der Waals surface area contributed by atoms with Crippen LogP contribution in [0.2, 0.25) is 0 Å². The third kappa shape index (κ3) is 6.08. The van der Waals surface area contributed by atoms with Crippen molar-refractivity contribution in [2.45, 2.75) is 0 Å². The first-order valence-corrected chi connectivity index (χ1v) is 21.0. The molecule has 0 radical (unpaired) electrons. The van der Waals surface area contributed by atoms with Gasteiger partial charge in [0.05, 0.1) is 11.2 Å². The molecule has 4 heteroatoms. The average molecular weight is 792 g/mol. The molecule has 0 fully saturated rings. The number of anilines is 3. The van der Waals surface area contributed by atoms with Crippen molar-refractivity contribution in [2.75, 3.05) is 4.90 Å². The molecule has 0 bridgehead atoms. The van der Waals surface area contributed by atoms with Gasteiger partial charge in [0.2, 0.25) is 0 Å². The molecule has 290 valence electrons. The van der Waals surface area contributed by atoms with Crippen LogP contribution in [0.1, 0.15) is 0 Å². The molecule has 2 heterocycles. The highest BCUT2D eigenvalue weighted by molar-refractivity contribution is 6.24.